The predicted molar refractivity (Wildman–Crippen MR) is 82.7 cm³/mol. The molecule has 3 rings (SSSR count). The number of aryl methyl sites for hydroxylation is 1. The fraction of sp³-hybridized carbons (Fsp3) is 0.176. The van der Waals surface area contributed by atoms with E-state index in [9.17, 15) is 9.59 Å². The Balaban J connectivity index is 1.55. The van der Waals surface area contributed by atoms with Gasteiger partial charge in [-0.25, -0.2) is 4.79 Å². The van der Waals surface area contributed by atoms with Gasteiger partial charge in [-0.1, -0.05) is 12.1 Å². The third-order valence-electron chi connectivity index (χ3n) is 3.24. The minimum Gasteiger partial charge on any atom is -0.454 e. The summed E-state index contributed by atoms with van der Waals surface area (Å²) in [5.74, 6) is 0.0785. The van der Waals surface area contributed by atoms with E-state index in [4.69, 9.17) is 14.2 Å². The number of esters is 1. The fourth-order valence-electron chi connectivity index (χ4n) is 2.16. The lowest BCUT2D eigenvalue weighted by atomic mass is 10.2. The van der Waals surface area contributed by atoms with Gasteiger partial charge in [0.15, 0.2) is 18.1 Å². The van der Waals surface area contributed by atoms with Gasteiger partial charge >= 0.3 is 5.97 Å². The van der Waals surface area contributed by atoms with Crippen LogP contribution in [0.4, 0.5) is 5.69 Å². The van der Waals surface area contributed by atoms with Gasteiger partial charge in [0.25, 0.3) is 5.91 Å². The fourth-order valence-corrected chi connectivity index (χ4v) is 2.16. The summed E-state index contributed by atoms with van der Waals surface area (Å²) >= 11 is 0. The topological polar surface area (TPSA) is 73.9 Å². The van der Waals surface area contributed by atoms with E-state index in [-0.39, 0.29) is 13.4 Å². The Morgan fingerprint density at radius 2 is 1.96 bits per heavy atom. The third-order valence-corrected chi connectivity index (χ3v) is 3.24. The molecule has 118 valence electrons. The molecule has 6 nitrogen and oxygen atoms in total. The van der Waals surface area contributed by atoms with Crippen molar-refractivity contribution in [2.45, 2.75) is 6.92 Å². The van der Waals surface area contributed by atoms with Crippen molar-refractivity contribution in [3.8, 4) is 11.5 Å². The maximum absolute atomic E-state index is 12.0. The highest BCUT2D eigenvalue weighted by Gasteiger charge is 2.17. The van der Waals surface area contributed by atoms with Crippen molar-refractivity contribution in [1.82, 2.24) is 0 Å². The second kappa shape index (κ2) is 6.39. The maximum atomic E-state index is 12.0. The molecular formula is C17H15NO5. The van der Waals surface area contributed by atoms with Gasteiger partial charge in [-0.05, 0) is 42.8 Å². The van der Waals surface area contributed by atoms with Crippen LogP contribution in [-0.4, -0.2) is 25.3 Å². The lowest BCUT2D eigenvalue weighted by molar-refractivity contribution is -0.119. The third kappa shape index (κ3) is 3.60. The predicted octanol–water partition coefficient (Wildman–Crippen LogP) is 2.52. The minimum atomic E-state index is -0.595. The highest BCUT2D eigenvalue weighted by atomic mass is 16.7. The number of benzene rings is 2. The van der Waals surface area contributed by atoms with E-state index in [1.807, 2.05) is 25.1 Å². The molecule has 6 heteroatoms. The molecule has 0 saturated heterocycles. The second-order valence-electron chi connectivity index (χ2n) is 5.06. The Hall–Kier alpha value is -3.02. The number of rotatable bonds is 4. The quantitative estimate of drug-likeness (QED) is 0.878. The van der Waals surface area contributed by atoms with E-state index in [0.29, 0.717) is 22.7 Å². The number of hydrogen-bond donors (Lipinski definition) is 1. The van der Waals surface area contributed by atoms with Gasteiger partial charge in [0.1, 0.15) is 0 Å². The molecule has 1 heterocycles. The zero-order valence-electron chi connectivity index (χ0n) is 12.5. The molecule has 0 aliphatic carbocycles. The number of ether oxygens (including phenoxy) is 3. The molecule has 0 atom stereocenters. The number of amides is 1. The molecule has 0 saturated carbocycles. The van der Waals surface area contributed by atoms with Crippen molar-refractivity contribution < 1.29 is 23.8 Å². The Kier molecular flexibility index (Phi) is 4.14. The second-order valence-corrected chi connectivity index (χ2v) is 5.06. The standard InChI is InChI=1S/C17H15NO5/c1-11-3-2-4-13(7-11)18-16(19)9-21-17(20)12-5-6-14-15(8-12)23-10-22-14/h2-8H,9-10H2,1H3,(H,18,19). The molecule has 0 unspecified atom stereocenters. The number of hydrogen-bond acceptors (Lipinski definition) is 5. The smallest absolute Gasteiger partial charge is 0.338 e. The molecule has 2 aromatic carbocycles. The highest BCUT2D eigenvalue weighted by Crippen LogP contribution is 2.32. The van der Waals surface area contributed by atoms with Gasteiger partial charge in [-0.15, -0.1) is 0 Å². The summed E-state index contributed by atoms with van der Waals surface area (Å²) in [6.45, 7) is 1.70. The number of carbonyl (C=O) groups is 2. The van der Waals surface area contributed by atoms with Gasteiger partial charge in [-0.2, -0.15) is 0 Å². The molecule has 2 aromatic rings. The van der Waals surface area contributed by atoms with Crippen molar-refractivity contribution in [3.05, 3.63) is 53.6 Å². The van der Waals surface area contributed by atoms with Gasteiger partial charge < -0.3 is 19.5 Å². The number of fused-ring (bicyclic) bond motifs is 1. The molecular weight excluding hydrogens is 298 g/mol. The summed E-state index contributed by atoms with van der Waals surface area (Å²) in [7, 11) is 0. The van der Waals surface area contributed by atoms with E-state index in [2.05, 4.69) is 5.32 Å². The van der Waals surface area contributed by atoms with E-state index in [1.54, 1.807) is 18.2 Å². The van der Waals surface area contributed by atoms with Crippen molar-refractivity contribution >= 4 is 17.6 Å². The zero-order chi connectivity index (χ0) is 16.2. The molecule has 23 heavy (non-hydrogen) atoms. The molecule has 0 bridgehead atoms. The van der Waals surface area contributed by atoms with E-state index in [1.165, 1.54) is 6.07 Å². The lowest BCUT2D eigenvalue weighted by Crippen LogP contribution is -2.20. The molecule has 1 aliphatic heterocycles. The summed E-state index contributed by atoms with van der Waals surface area (Å²) in [4.78, 5) is 23.8. The van der Waals surface area contributed by atoms with Crippen LogP contribution in [0.2, 0.25) is 0 Å². The monoisotopic (exact) mass is 313 g/mol. The minimum absolute atomic E-state index is 0.132. The Labute approximate surface area is 133 Å². The Morgan fingerprint density at radius 3 is 2.78 bits per heavy atom. The number of carbonyl (C=O) groups excluding carboxylic acids is 2. The van der Waals surface area contributed by atoms with Gasteiger partial charge in [0.05, 0.1) is 5.56 Å². The van der Waals surface area contributed by atoms with Crippen molar-refractivity contribution in [2.24, 2.45) is 0 Å². The van der Waals surface area contributed by atoms with Crippen LogP contribution < -0.4 is 14.8 Å². The first-order valence-electron chi connectivity index (χ1n) is 7.05. The molecule has 0 fully saturated rings. The largest absolute Gasteiger partial charge is 0.454 e. The zero-order valence-corrected chi connectivity index (χ0v) is 12.5. The summed E-state index contributed by atoms with van der Waals surface area (Å²) in [5, 5.41) is 2.67. The van der Waals surface area contributed by atoms with Crippen LogP contribution in [0, 0.1) is 6.92 Å². The van der Waals surface area contributed by atoms with Crippen LogP contribution in [0.1, 0.15) is 15.9 Å². The normalized spacial score (nSPS) is 11.9. The van der Waals surface area contributed by atoms with Gasteiger partial charge in [-0.3, -0.25) is 4.79 Å². The molecule has 0 spiro atoms. The number of nitrogens with one attached hydrogen (secondary N) is 1. The summed E-state index contributed by atoms with van der Waals surface area (Å²) in [5.41, 5.74) is 1.99. The number of anilines is 1. The Morgan fingerprint density at radius 1 is 1.13 bits per heavy atom. The lowest BCUT2D eigenvalue weighted by Gasteiger charge is -2.07. The average Bonchev–Trinajstić information content (AvgIpc) is 3.00. The molecule has 0 radical (unpaired) electrons. The van der Waals surface area contributed by atoms with E-state index < -0.39 is 11.9 Å². The summed E-state index contributed by atoms with van der Waals surface area (Å²) in [6.07, 6.45) is 0. The Bertz CT molecular complexity index is 756. The SMILES string of the molecule is Cc1cccc(NC(=O)COC(=O)c2ccc3c(c2)OCO3)c1. The van der Waals surface area contributed by atoms with Crippen LogP contribution in [0.3, 0.4) is 0 Å². The van der Waals surface area contributed by atoms with Crippen LogP contribution in [-0.2, 0) is 9.53 Å². The first-order valence-corrected chi connectivity index (χ1v) is 7.05. The van der Waals surface area contributed by atoms with Crippen LogP contribution in [0.25, 0.3) is 0 Å². The summed E-state index contributed by atoms with van der Waals surface area (Å²) < 4.78 is 15.4. The van der Waals surface area contributed by atoms with E-state index in [0.717, 1.165) is 5.56 Å². The molecule has 1 amide bonds. The maximum Gasteiger partial charge on any atom is 0.338 e. The van der Waals surface area contributed by atoms with Gasteiger partial charge in [0, 0.05) is 5.69 Å². The van der Waals surface area contributed by atoms with Crippen molar-refractivity contribution in [2.75, 3.05) is 18.7 Å². The van der Waals surface area contributed by atoms with Gasteiger partial charge in [0.2, 0.25) is 6.79 Å². The van der Waals surface area contributed by atoms with Crippen LogP contribution in [0.5, 0.6) is 11.5 Å². The molecule has 1 aliphatic rings. The molecule has 0 aromatic heterocycles. The highest BCUT2D eigenvalue weighted by molar-refractivity contribution is 5.95. The van der Waals surface area contributed by atoms with Crippen molar-refractivity contribution in [1.29, 1.82) is 0 Å². The summed E-state index contributed by atoms with van der Waals surface area (Å²) in [6, 6.07) is 12.1. The molecule has 1 N–H and O–H groups in total. The van der Waals surface area contributed by atoms with Crippen molar-refractivity contribution in [3.63, 3.8) is 0 Å². The van der Waals surface area contributed by atoms with E-state index >= 15 is 0 Å². The first kappa shape index (κ1) is 14.9. The van der Waals surface area contributed by atoms with Crippen LogP contribution in [0.15, 0.2) is 42.5 Å². The first-order chi connectivity index (χ1) is 11.1. The average molecular weight is 313 g/mol. The van der Waals surface area contributed by atoms with Crippen LogP contribution >= 0.6 is 0 Å².